The number of fused-ring (bicyclic) bond motifs is 3. The number of ether oxygens (including phenoxy) is 3. The number of carbonyl (C=O) groups excluding carboxylic acids is 4. The molecule has 2 saturated carbocycles. The lowest BCUT2D eigenvalue weighted by atomic mass is 10.0. The number of alkyl carbamates (subject to hydrolysis) is 1. The van der Waals surface area contributed by atoms with Crippen molar-refractivity contribution in [1.82, 2.24) is 25.5 Å². The molecular formula is C37H43N5O7S. The number of methoxy groups -OCH3 is 1. The Bertz CT molecular complexity index is 1760. The number of amides is 3. The fraction of sp³-hybridized carbons (Fsp3) is 0.514. The van der Waals surface area contributed by atoms with Gasteiger partial charge in [0.2, 0.25) is 11.8 Å². The van der Waals surface area contributed by atoms with Gasteiger partial charge in [-0.25, -0.2) is 14.6 Å². The summed E-state index contributed by atoms with van der Waals surface area (Å²) in [6.07, 6.45) is 12.3. The lowest BCUT2D eigenvalue weighted by molar-refractivity contribution is -0.148. The molecule has 5 heterocycles. The van der Waals surface area contributed by atoms with Crippen LogP contribution < -0.4 is 15.4 Å². The Morgan fingerprint density at radius 1 is 1.04 bits per heavy atom. The second kappa shape index (κ2) is 14.8. The molecule has 0 bridgehead atoms. The van der Waals surface area contributed by atoms with Crippen molar-refractivity contribution < 1.29 is 33.4 Å². The molecule has 3 aromatic rings. The number of aromatic nitrogens is 2. The van der Waals surface area contributed by atoms with E-state index in [0.717, 1.165) is 55.2 Å². The number of carbonyl (C=O) groups is 4. The highest BCUT2D eigenvalue weighted by atomic mass is 32.1. The van der Waals surface area contributed by atoms with E-state index in [0.29, 0.717) is 36.4 Å². The van der Waals surface area contributed by atoms with Gasteiger partial charge in [-0.15, -0.1) is 11.3 Å². The maximum Gasteiger partial charge on any atom is 0.408 e. The summed E-state index contributed by atoms with van der Waals surface area (Å²) in [7, 11) is 1.31. The van der Waals surface area contributed by atoms with Crippen LogP contribution in [0.15, 0.2) is 54.1 Å². The normalized spacial score (nSPS) is 27.4. The minimum atomic E-state index is -1.19. The first-order valence-corrected chi connectivity index (χ1v) is 18.5. The van der Waals surface area contributed by atoms with Gasteiger partial charge in [-0.3, -0.25) is 14.6 Å². The molecular weight excluding hydrogens is 659 g/mol. The fourth-order valence-corrected chi connectivity index (χ4v) is 8.28. The Hall–Kier alpha value is -4.52. The van der Waals surface area contributed by atoms with Gasteiger partial charge in [0.25, 0.3) is 0 Å². The summed E-state index contributed by atoms with van der Waals surface area (Å²) in [4.78, 5) is 65.5. The van der Waals surface area contributed by atoms with Crippen LogP contribution in [0.25, 0.3) is 21.6 Å². The van der Waals surface area contributed by atoms with E-state index < -0.39 is 41.7 Å². The van der Waals surface area contributed by atoms with E-state index in [9.17, 15) is 19.2 Å². The molecule has 4 aliphatic rings. The van der Waals surface area contributed by atoms with Crippen LogP contribution in [0.2, 0.25) is 0 Å². The van der Waals surface area contributed by atoms with E-state index >= 15 is 0 Å². The van der Waals surface area contributed by atoms with Gasteiger partial charge >= 0.3 is 12.1 Å². The summed E-state index contributed by atoms with van der Waals surface area (Å²) >= 11 is 1.49. The molecule has 7 rings (SSSR count). The Morgan fingerprint density at radius 2 is 1.88 bits per heavy atom. The predicted molar refractivity (Wildman–Crippen MR) is 186 cm³/mol. The highest BCUT2D eigenvalue weighted by molar-refractivity contribution is 7.17. The van der Waals surface area contributed by atoms with E-state index in [2.05, 4.69) is 15.6 Å². The van der Waals surface area contributed by atoms with E-state index in [-0.39, 0.29) is 30.9 Å². The summed E-state index contributed by atoms with van der Waals surface area (Å²) in [6, 6.07) is 7.54. The van der Waals surface area contributed by atoms with E-state index in [1.54, 1.807) is 6.20 Å². The van der Waals surface area contributed by atoms with Crippen LogP contribution in [-0.2, 0) is 23.9 Å². The summed E-state index contributed by atoms with van der Waals surface area (Å²) < 4.78 is 18.3. The van der Waals surface area contributed by atoms with Gasteiger partial charge in [0.15, 0.2) is 0 Å². The second-order valence-corrected chi connectivity index (χ2v) is 14.6. The third-order valence-electron chi connectivity index (χ3n) is 10.3. The van der Waals surface area contributed by atoms with E-state index in [4.69, 9.17) is 19.2 Å². The number of hydrogen-bond acceptors (Lipinski definition) is 10. The largest absolute Gasteiger partial charge is 0.487 e. The molecule has 2 aliphatic carbocycles. The third-order valence-corrected chi connectivity index (χ3v) is 11.2. The van der Waals surface area contributed by atoms with Crippen LogP contribution in [-0.4, -0.2) is 82.2 Å². The summed E-state index contributed by atoms with van der Waals surface area (Å²) in [5.41, 5.74) is 0.905. The van der Waals surface area contributed by atoms with Crippen molar-refractivity contribution in [2.24, 2.45) is 5.92 Å². The number of nitrogens with one attached hydrogen (secondary N) is 2. The third kappa shape index (κ3) is 7.19. The molecule has 0 aromatic carbocycles. The van der Waals surface area contributed by atoms with Gasteiger partial charge in [-0.1, -0.05) is 31.1 Å². The number of thiophene rings is 1. The highest BCUT2D eigenvalue weighted by Gasteiger charge is 2.62. The van der Waals surface area contributed by atoms with Crippen molar-refractivity contribution in [3.8, 4) is 17.1 Å². The van der Waals surface area contributed by atoms with Gasteiger partial charge in [-0.2, -0.15) is 0 Å². The van der Waals surface area contributed by atoms with Crippen LogP contribution >= 0.6 is 11.3 Å². The van der Waals surface area contributed by atoms with E-state index in [1.807, 2.05) is 47.9 Å². The molecule has 0 spiro atoms. The molecule has 0 radical (unpaired) electrons. The zero-order valence-corrected chi connectivity index (χ0v) is 29.0. The Morgan fingerprint density at radius 3 is 2.68 bits per heavy atom. The predicted octanol–water partition coefficient (Wildman–Crippen LogP) is 5.31. The standard InChI is InChI=1S/C37H43N5O7S/c1-47-35(45)37-21-23(37)11-5-3-2-4-6-15-28(40-36(46)49-24-12-7-8-13-24)34(44)42-22-25(19-30(42)33(43)41-37)48-31-20-29(26-14-9-10-17-38-26)39-27-16-18-50-32(27)31/h5,9-11,14,16-18,20,23-25,28,30H,2-4,6-8,12-13,15,19,21-22H2,1H3,(H,40,46)(H,41,43)/t23-,25-,28+,30+,37-/m1/s1. The molecule has 2 N–H and O–H groups in total. The molecule has 13 heteroatoms. The number of nitrogens with zero attached hydrogens (tertiary/aromatic N) is 3. The number of rotatable bonds is 6. The molecule has 264 valence electrons. The number of allylic oxidation sites excluding steroid dienone is 1. The number of pyridine rings is 2. The molecule has 3 aromatic heterocycles. The molecule has 0 unspecified atom stereocenters. The van der Waals surface area contributed by atoms with Crippen LogP contribution in [0.1, 0.15) is 70.6 Å². The molecule has 3 fully saturated rings. The number of esters is 1. The summed E-state index contributed by atoms with van der Waals surface area (Å²) in [5.74, 6) is -0.966. The van der Waals surface area contributed by atoms with Crippen molar-refractivity contribution in [2.75, 3.05) is 13.7 Å². The first-order valence-electron chi connectivity index (χ1n) is 17.7. The molecule has 2 aliphatic heterocycles. The Balaban J connectivity index is 1.18. The van der Waals surface area contributed by atoms with Gasteiger partial charge in [0.05, 0.1) is 35.3 Å². The average Bonchev–Trinajstić information content (AvgIpc) is 3.58. The quantitative estimate of drug-likeness (QED) is 0.258. The molecule has 50 heavy (non-hydrogen) atoms. The van der Waals surface area contributed by atoms with Crippen molar-refractivity contribution in [2.45, 2.75) is 100 Å². The number of hydrogen-bond donors (Lipinski definition) is 2. The van der Waals surface area contributed by atoms with E-state index in [1.165, 1.54) is 23.3 Å². The highest BCUT2D eigenvalue weighted by Crippen LogP contribution is 2.46. The lowest BCUT2D eigenvalue weighted by Gasteiger charge is -2.29. The zero-order valence-electron chi connectivity index (χ0n) is 28.2. The molecule has 12 nitrogen and oxygen atoms in total. The first kappa shape index (κ1) is 34.0. The Labute approximate surface area is 295 Å². The monoisotopic (exact) mass is 701 g/mol. The van der Waals surface area contributed by atoms with Crippen LogP contribution in [0.3, 0.4) is 0 Å². The van der Waals surface area contributed by atoms with Gasteiger partial charge in [0.1, 0.15) is 35.6 Å². The van der Waals surface area contributed by atoms with Crippen molar-refractivity contribution in [1.29, 1.82) is 0 Å². The topological polar surface area (TPSA) is 149 Å². The average molecular weight is 702 g/mol. The van der Waals surface area contributed by atoms with Crippen LogP contribution in [0, 0.1) is 5.92 Å². The second-order valence-electron chi connectivity index (χ2n) is 13.7. The molecule has 3 amide bonds. The van der Waals surface area contributed by atoms with Gasteiger partial charge in [0, 0.05) is 24.6 Å². The lowest BCUT2D eigenvalue weighted by Crippen LogP contribution is -2.56. The minimum Gasteiger partial charge on any atom is -0.487 e. The maximum atomic E-state index is 14.5. The summed E-state index contributed by atoms with van der Waals surface area (Å²) in [6.45, 7) is 0.107. The van der Waals surface area contributed by atoms with Crippen LogP contribution in [0.5, 0.6) is 5.75 Å². The smallest absolute Gasteiger partial charge is 0.408 e. The van der Waals surface area contributed by atoms with Crippen molar-refractivity contribution in [3.05, 3.63) is 54.1 Å². The molecule has 5 atom stereocenters. The van der Waals surface area contributed by atoms with Gasteiger partial charge < -0.3 is 29.7 Å². The zero-order chi connectivity index (χ0) is 34.7. The fourth-order valence-electron chi connectivity index (χ4n) is 7.49. The first-order chi connectivity index (χ1) is 24.3. The van der Waals surface area contributed by atoms with Crippen molar-refractivity contribution in [3.63, 3.8) is 0 Å². The molecule has 1 saturated heterocycles. The van der Waals surface area contributed by atoms with Gasteiger partial charge in [-0.05, 0) is 74.9 Å². The minimum absolute atomic E-state index is 0.107. The van der Waals surface area contributed by atoms with Crippen LogP contribution in [0.4, 0.5) is 4.79 Å². The SMILES string of the molecule is COC(=O)[C@@]12C[C@H]1C=CCCCCC[C@H](NC(=O)OC1CCCC1)C(=O)N1C[C@H](Oc3cc(-c4ccccn4)nc4ccsc34)C[C@H]1C(=O)N2. The Kier molecular flexibility index (Phi) is 10.0. The maximum absolute atomic E-state index is 14.5. The summed E-state index contributed by atoms with van der Waals surface area (Å²) in [5, 5.41) is 7.77. The van der Waals surface area contributed by atoms with Crippen molar-refractivity contribution >= 4 is 45.4 Å².